The number of fused-ring (bicyclic) bond motifs is 1. The number of hydrogen-bond donors (Lipinski definition) is 3. The fourth-order valence-corrected chi connectivity index (χ4v) is 3.92. The molecular weight excluding hydrogens is 494 g/mol. The minimum Gasteiger partial charge on any atom is -0.340 e. The first-order valence-corrected chi connectivity index (χ1v) is 11.6. The van der Waals surface area contributed by atoms with Crippen LogP contribution >= 0.6 is 11.6 Å². The van der Waals surface area contributed by atoms with Gasteiger partial charge in [-0.1, -0.05) is 41.9 Å². The molecule has 5 rings (SSSR count). The molecule has 3 N–H and O–H groups in total. The number of anilines is 1. The van der Waals surface area contributed by atoms with Crippen molar-refractivity contribution in [2.75, 3.05) is 5.32 Å². The third kappa shape index (κ3) is 5.68. The van der Waals surface area contributed by atoms with Crippen LogP contribution in [0.2, 0.25) is 5.02 Å². The molecule has 184 valence electrons. The second-order valence-corrected chi connectivity index (χ2v) is 8.44. The zero-order chi connectivity index (χ0) is 25.6. The van der Waals surface area contributed by atoms with Crippen LogP contribution in [0, 0.1) is 0 Å². The Kier molecular flexibility index (Phi) is 6.95. The number of pyridine rings is 1. The van der Waals surface area contributed by atoms with Gasteiger partial charge in [0.1, 0.15) is 12.4 Å². The maximum Gasteiger partial charge on any atom is 0.248 e. The molecule has 0 spiro atoms. The number of nitrogens with zero attached hydrogens (tertiary/aromatic N) is 6. The lowest BCUT2D eigenvalue weighted by Crippen LogP contribution is -2.44. The Morgan fingerprint density at radius 3 is 2.78 bits per heavy atom. The molecule has 0 radical (unpaired) electrons. The SMILES string of the molecule is O=C(C=Cc1cc(Cl)ccc1-n1cnnn1)N[C@@H](Cc1ccccc1)C(=O)Nc1n[nH]c2ncccc12. The average molecular weight is 514 g/mol. The van der Waals surface area contributed by atoms with Gasteiger partial charge < -0.3 is 10.6 Å². The lowest BCUT2D eigenvalue weighted by Gasteiger charge is -2.17. The minimum absolute atomic E-state index is 0.278. The van der Waals surface area contributed by atoms with Crippen molar-refractivity contribution in [1.82, 2.24) is 40.7 Å². The molecule has 0 saturated heterocycles. The average Bonchev–Trinajstić information content (AvgIpc) is 3.59. The molecule has 3 heterocycles. The van der Waals surface area contributed by atoms with Gasteiger partial charge in [0.2, 0.25) is 11.8 Å². The van der Waals surface area contributed by atoms with Crippen LogP contribution in [-0.2, 0) is 16.0 Å². The number of H-pyrrole nitrogens is 1. The molecule has 0 aliphatic carbocycles. The maximum absolute atomic E-state index is 13.3. The van der Waals surface area contributed by atoms with E-state index < -0.39 is 17.9 Å². The minimum atomic E-state index is -0.874. The molecule has 0 aliphatic rings. The summed E-state index contributed by atoms with van der Waals surface area (Å²) in [5.74, 6) is -0.548. The third-order valence-corrected chi connectivity index (χ3v) is 5.73. The highest BCUT2D eigenvalue weighted by atomic mass is 35.5. The van der Waals surface area contributed by atoms with Gasteiger partial charge in [-0.25, -0.2) is 4.98 Å². The number of amides is 2. The Morgan fingerprint density at radius 2 is 1.97 bits per heavy atom. The number of aromatic amines is 1. The fraction of sp³-hybridized carbons (Fsp3) is 0.0800. The lowest BCUT2D eigenvalue weighted by molar-refractivity contribution is -0.123. The van der Waals surface area contributed by atoms with Gasteiger partial charge in [0, 0.05) is 29.3 Å². The van der Waals surface area contributed by atoms with Crippen LogP contribution in [0.3, 0.4) is 0 Å². The highest BCUT2D eigenvalue weighted by molar-refractivity contribution is 6.30. The Labute approximate surface area is 215 Å². The van der Waals surface area contributed by atoms with E-state index in [-0.39, 0.29) is 6.42 Å². The van der Waals surface area contributed by atoms with Gasteiger partial charge in [0.15, 0.2) is 11.5 Å². The van der Waals surface area contributed by atoms with Gasteiger partial charge in [0.05, 0.1) is 11.1 Å². The number of aromatic nitrogens is 7. The van der Waals surface area contributed by atoms with Crippen LogP contribution in [0.5, 0.6) is 0 Å². The fourth-order valence-electron chi connectivity index (χ4n) is 3.74. The highest BCUT2D eigenvalue weighted by Gasteiger charge is 2.22. The van der Waals surface area contributed by atoms with E-state index in [4.69, 9.17) is 11.6 Å². The number of nitrogens with one attached hydrogen (secondary N) is 3. The molecule has 0 fully saturated rings. The van der Waals surface area contributed by atoms with Crippen LogP contribution < -0.4 is 10.6 Å². The molecule has 11 nitrogen and oxygen atoms in total. The second-order valence-electron chi connectivity index (χ2n) is 8.00. The summed E-state index contributed by atoms with van der Waals surface area (Å²) in [7, 11) is 0. The molecule has 0 bridgehead atoms. The maximum atomic E-state index is 13.3. The van der Waals surface area contributed by atoms with Crippen LogP contribution in [0.1, 0.15) is 11.1 Å². The largest absolute Gasteiger partial charge is 0.340 e. The lowest BCUT2D eigenvalue weighted by atomic mass is 10.0. The molecule has 5 aromatic rings. The molecule has 1 atom stereocenters. The third-order valence-electron chi connectivity index (χ3n) is 5.49. The van der Waals surface area contributed by atoms with Gasteiger partial charge in [-0.05, 0) is 52.4 Å². The van der Waals surface area contributed by atoms with Crippen molar-refractivity contribution >= 4 is 46.3 Å². The smallest absolute Gasteiger partial charge is 0.248 e. The summed E-state index contributed by atoms with van der Waals surface area (Å²) >= 11 is 6.16. The molecule has 37 heavy (non-hydrogen) atoms. The van der Waals surface area contributed by atoms with E-state index in [2.05, 4.69) is 41.3 Å². The summed E-state index contributed by atoms with van der Waals surface area (Å²) in [4.78, 5) is 30.4. The van der Waals surface area contributed by atoms with Gasteiger partial charge >= 0.3 is 0 Å². The molecule has 0 saturated carbocycles. The number of rotatable bonds is 8. The Bertz CT molecular complexity index is 1570. The summed E-state index contributed by atoms with van der Waals surface area (Å²) in [6, 6.07) is 17.2. The topological polar surface area (TPSA) is 143 Å². The van der Waals surface area contributed by atoms with Crippen LogP contribution in [0.15, 0.2) is 79.3 Å². The van der Waals surface area contributed by atoms with Gasteiger partial charge in [0.25, 0.3) is 0 Å². The number of carbonyl (C=O) groups excluding carboxylic acids is 2. The molecule has 2 aromatic carbocycles. The number of carbonyl (C=O) groups is 2. The Morgan fingerprint density at radius 1 is 1.11 bits per heavy atom. The van der Waals surface area contributed by atoms with Crippen molar-refractivity contribution < 1.29 is 9.59 Å². The van der Waals surface area contributed by atoms with Crippen LogP contribution in [0.25, 0.3) is 22.8 Å². The molecule has 12 heteroatoms. The quantitative estimate of drug-likeness (QED) is 0.270. The van der Waals surface area contributed by atoms with Crippen molar-refractivity contribution in [3.05, 3.63) is 95.4 Å². The van der Waals surface area contributed by atoms with Crippen molar-refractivity contribution in [3.63, 3.8) is 0 Å². The van der Waals surface area contributed by atoms with E-state index >= 15 is 0 Å². The monoisotopic (exact) mass is 513 g/mol. The molecule has 3 aromatic heterocycles. The van der Waals surface area contributed by atoms with E-state index in [1.165, 1.54) is 17.1 Å². The van der Waals surface area contributed by atoms with Gasteiger partial charge in [-0.2, -0.15) is 9.78 Å². The first-order valence-electron chi connectivity index (χ1n) is 11.2. The molecule has 0 unspecified atom stereocenters. The second kappa shape index (κ2) is 10.8. The number of tetrazole rings is 1. The summed E-state index contributed by atoms with van der Waals surface area (Å²) in [5, 5.41) is 24.8. The van der Waals surface area contributed by atoms with Crippen molar-refractivity contribution in [3.8, 4) is 5.69 Å². The van der Waals surface area contributed by atoms with E-state index in [0.29, 0.717) is 33.1 Å². The predicted octanol–water partition coefficient (Wildman–Crippen LogP) is 2.97. The Balaban J connectivity index is 1.36. The summed E-state index contributed by atoms with van der Waals surface area (Å²) < 4.78 is 1.46. The zero-order valence-electron chi connectivity index (χ0n) is 19.2. The van der Waals surface area contributed by atoms with Crippen molar-refractivity contribution in [1.29, 1.82) is 0 Å². The summed E-state index contributed by atoms with van der Waals surface area (Å²) in [6.07, 6.45) is 6.26. The van der Waals surface area contributed by atoms with E-state index in [1.807, 2.05) is 30.3 Å². The predicted molar refractivity (Wildman–Crippen MR) is 138 cm³/mol. The van der Waals surface area contributed by atoms with Gasteiger partial charge in [-0.3, -0.25) is 14.7 Å². The van der Waals surface area contributed by atoms with Gasteiger partial charge in [-0.15, -0.1) is 5.10 Å². The molecule has 2 amide bonds. The number of hydrogen-bond acceptors (Lipinski definition) is 7. The molecular formula is C25H20ClN9O2. The first kappa shape index (κ1) is 23.8. The van der Waals surface area contributed by atoms with Crippen LogP contribution in [-0.4, -0.2) is 53.2 Å². The van der Waals surface area contributed by atoms with E-state index in [0.717, 1.165) is 5.56 Å². The normalized spacial score (nSPS) is 12.0. The number of benzene rings is 2. The zero-order valence-corrected chi connectivity index (χ0v) is 20.0. The highest BCUT2D eigenvalue weighted by Crippen LogP contribution is 2.21. The summed E-state index contributed by atoms with van der Waals surface area (Å²) in [5.41, 5.74) is 2.69. The first-order chi connectivity index (χ1) is 18.1. The van der Waals surface area contributed by atoms with E-state index in [9.17, 15) is 9.59 Å². The van der Waals surface area contributed by atoms with Crippen molar-refractivity contribution in [2.45, 2.75) is 12.5 Å². The molecule has 0 aliphatic heterocycles. The number of halogens is 1. The Hall–Kier alpha value is -4.90. The standard InChI is InChI=1S/C25H20ClN9O2/c26-18-9-10-21(35-15-28-33-34-35)17(14-18)8-11-22(36)29-20(13-16-5-2-1-3-6-16)25(37)30-24-19-7-4-12-27-23(19)31-32-24/h1-12,14-15,20H,13H2,(H,29,36)(H2,27,30,31,32,37)/t20-/m0/s1. The summed E-state index contributed by atoms with van der Waals surface area (Å²) in [6.45, 7) is 0. The van der Waals surface area contributed by atoms with E-state index in [1.54, 1.807) is 42.6 Å². The van der Waals surface area contributed by atoms with Crippen molar-refractivity contribution in [2.24, 2.45) is 0 Å². The van der Waals surface area contributed by atoms with Crippen LogP contribution in [0.4, 0.5) is 5.82 Å².